The normalized spacial score (nSPS) is 10.8. The molecule has 3 heteroatoms. The Balaban J connectivity index is 2.21. The van der Waals surface area contributed by atoms with Gasteiger partial charge in [0.25, 0.3) is 0 Å². The summed E-state index contributed by atoms with van der Waals surface area (Å²) in [7, 11) is 0. The first-order valence-corrected chi connectivity index (χ1v) is 7.64. The Labute approximate surface area is 128 Å². The number of rotatable bonds is 4. The molecule has 0 spiro atoms. The summed E-state index contributed by atoms with van der Waals surface area (Å²) < 4.78 is 0. The summed E-state index contributed by atoms with van der Waals surface area (Å²) in [5.41, 5.74) is 3.80. The van der Waals surface area contributed by atoms with E-state index < -0.39 is 0 Å². The molecule has 0 saturated heterocycles. The number of benzene rings is 2. The molecule has 0 bridgehead atoms. The fourth-order valence-corrected chi connectivity index (χ4v) is 3.81. The first kappa shape index (κ1) is 14.0. The van der Waals surface area contributed by atoms with Gasteiger partial charge in [0.2, 0.25) is 0 Å². The van der Waals surface area contributed by atoms with Gasteiger partial charge in [-0.15, -0.1) is 11.3 Å². The first-order chi connectivity index (χ1) is 10.3. The molecule has 2 N–H and O–H groups in total. The molecule has 3 aromatic rings. The largest absolute Gasteiger partial charge is 0.392 e. The molecule has 0 fully saturated rings. The lowest BCUT2D eigenvalue weighted by Crippen LogP contribution is -1.92. The summed E-state index contributed by atoms with van der Waals surface area (Å²) in [6.07, 6.45) is 0. The summed E-state index contributed by atoms with van der Waals surface area (Å²) in [6.45, 7) is -0.132. The zero-order chi connectivity index (χ0) is 14.7. The van der Waals surface area contributed by atoms with Gasteiger partial charge in [0.05, 0.1) is 13.2 Å². The molecule has 0 atom stereocenters. The molecule has 3 rings (SSSR count). The molecular weight excluding hydrogens is 280 g/mol. The quantitative estimate of drug-likeness (QED) is 0.762. The molecular formula is C18H16O2S. The van der Waals surface area contributed by atoms with Crippen LogP contribution < -0.4 is 0 Å². The monoisotopic (exact) mass is 296 g/mol. The molecule has 1 heterocycles. The zero-order valence-electron chi connectivity index (χ0n) is 11.5. The molecule has 0 aliphatic carbocycles. The summed E-state index contributed by atoms with van der Waals surface area (Å²) in [4.78, 5) is 2.06. The van der Waals surface area contributed by atoms with E-state index in [4.69, 9.17) is 0 Å². The van der Waals surface area contributed by atoms with Crippen LogP contribution in [0.5, 0.6) is 0 Å². The molecule has 21 heavy (non-hydrogen) atoms. The van der Waals surface area contributed by atoms with E-state index in [1.807, 2.05) is 60.7 Å². The Kier molecular flexibility index (Phi) is 4.15. The van der Waals surface area contributed by atoms with E-state index in [2.05, 4.69) is 0 Å². The zero-order valence-corrected chi connectivity index (χ0v) is 12.3. The van der Waals surface area contributed by atoms with Crippen LogP contribution in [-0.4, -0.2) is 10.2 Å². The highest BCUT2D eigenvalue weighted by Crippen LogP contribution is 2.42. The van der Waals surface area contributed by atoms with Crippen LogP contribution in [0.4, 0.5) is 0 Å². The minimum absolute atomic E-state index is 0.0660. The van der Waals surface area contributed by atoms with Gasteiger partial charge >= 0.3 is 0 Å². The maximum atomic E-state index is 9.75. The van der Waals surface area contributed by atoms with Crippen molar-refractivity contribution >= 4 is 11.3 Å². The molecule has 0 amide bonds. The Morgan fingerprint density at radius 2 is 1.00 bits per heavy atom. The molecule has 0 radical (unpaired) electrons. The van der Waals surface area contributed by atoms with Crippen molar-refractivity contribution in [3.8, 4) is 20.9 Å². The number of hydrogen-bond acceptors (Lipinski definition) is 3. The lowest BCUT2D eigenvalue weighted by atomic mass is 10.0. The number of hydrogen-bond donors (Lipinski definition) is 2. The van der Waals surface area contributed by atoms with Crippen molar-refractivity contribution < 1.29 is 10.2 Å². The van der Waals surface area contributed by atoms with Gasteiger partial charge in [0, 0.05) is 20.9 Å². The highest BCUT2D eigenvalue weighted by molar-refractivity contribution is 7.19. The maximum Gasteiger partial charge on any atom is 0.0699 e. The molecule has 0 aliphatic heterocycles. The summed E-state index contributed by atoms with van der Waals surface area (Å²) >= 11 is 1.62. The topological polar surface area (TPSA) is 40.5 Å². The molecule has 2 aromatic carbocycles. The summed E-state index contributed by atoms with van der Waals surface area (Å²) in [5, 5.41) is 19.5. The van der Waals surface area contributed by atoms with Crippen molar-refractivity contribution in [2.45, 2.75) is 13.2 Å². The van der Waals surface area contributed by atoms with Crippen LogP contribution in [0.15, 0.2) is 60.7 Å². The Morgan fingerprint density at radius 1 is 0.619 bits per heavy atom. The third-order valence-corrected chi connectivity index (χ3v) is 4.88. The van der Waals surface area contributed by atoms with Crippen LogP contribution in [0.25, 0.3) is 20.9 Å². The van der Waals surface area contributed by atoms with E-state index in [0.717, 1.165) is 32.0 Å². The van der Waals surface area contributed by atoms with Gasteiger partial charge in [-0.05, 0) is 11.1 Å². The van der Waals surface area contributed by atoms with Gasteiger partial charge in [-0.25, -0.2) is 0 Å². The van der Waals surface area contributed by atoms with Gasteiger partial charge in [0.1, 0.15) is 0 Å². The minimum atomic E-state index is -0.0660. The van der Waals surface area contributed by atoms with Crippen molar-refractivity contribution in [1.29, 1.82) is 0 Å². The Bertz CT molecular complexity index is 656. The van der Waals surface area contributed by atoms with Crippen LogP contribution in [0.1, 0.15) is 11.1 Å². The molecule has 1 aromatic heterocycles. The molecule has 0 saturated carbocycles. The fraction of sp³-hybridized carbons (Fsp3) is 0.111. The van der Waals surface area contributed by atoms with Crippen molar-refractivity contribution in [1.82, 2.24) is 0 Å². The lowest BCUT2D eigenvalue weighted by molar-refractivity contribution is 0.262. The summed E-state index contributed by atoms with van der Waals surface area (Å²) in [6, 6.07) is 20.0. The number of thiophene rings is 1. The van der Waals surface area contributed by atoms with Gasteiger partial charge < -0.3 is 10.2 Å². The lowest BCUT2D eigenvalue weighted by Gasteiger charge is -2.04. The van der Waals surface area contributed by atoms with E-state index in [-0.39, 0.29) is 13.2 Å². The van der Waals surface area contributed by atoms with E-state index in [1.165, 1.54) is 0 Å². The third kappa shape index (κ3) is 2.63. The van der Waals surface area contributed by atoms with Gasteiger partial charge in [0.15, 0.2) is 0 Å². The van der Waals surface area contributed by atoms with Crippen molar-refractivity contribution in [3.63, 3.8) is 0 Å². The second-order valence-electron chi connectivity index (χ2n) is 4.77. The minimum Gasteiger partial charge on any atom is -0.392 e. The number of aliphatic hydroxyl groups excluding tert-OH is 2. The predicted octanol–water partition coefficient (Wildman–Crippen LogP) is 4.07. The average molecular weight is 296 g/mol. The van der Waals surface area contributed by atoms with Crippen molar-refractivity contribution in [2.24, 2.45) is 0 Å². The van der Waals surface area contributed by atoms with Crippen LogP contribution in [0, 0.1) is 0 Å². The first-order valence-electron chi connectivity index (χ1n) is 6.82. The standard InChI is InChI=1S/C18H16O2S/c19-11-15-16(12-20)18(14-9-5-2-6-10-14)21-17(15)13-7-3-1-4-8-13/h1-10,19-20H,11-12H2. The van der Waals surface area contributed by atoms with E-state index in [9.17, 15) is 10.2 Å². The van der Waals surface area contributed by atoms with Gasteiger partial charge in [-0.1, -0.05) is 60.7 Å². The molecule has 0 unspecified atom stereocenters. The van der Waals surface area contributed by atoms with Crippen LogP contribution in [0.3, 0.4) is 0 Å². The second kappa shape index (κ2) is 6.22. The number of aliphatic hydroxyl groups is 2. The average Bonchev–Trinajstić information content (AvgIpc) is 2.95. The Morgan fingerprint density at radius 3 is 1.33 bits per heavy atom. The van der Waals surface area contributed by atoms with Crippen molar-refractivity contribution in [2.75, 3.05) is 0 Å². The third-order valence-electron chi connectivity index (χ3n) is 3.50. The molecule has 0 aliphatic rings. The smallest absolute Gasteiger partial charge is 0.0699 e. The SMILES string of the molecule is OCc1c(-c2ccccc2)sc(-c2ccccc2)c1CO. The Hall–Kier alpha value is -1.94. The molecule has 2 nitrogen and oxygen atoms in total. The highest BCUT2D eigenvalue weighted by atomic mass is 32.1. The van der Waals surface area contributed by atoms with E-state index >= 15 is 0 Å². The summed E-state index contributed by atoms with van der Waals surface area (Å²) in [5.74, 6) is 0. The van der Waals surface area contributed by atoms with E-state index in [1.54, 1.807) is 11.3 Å². The van der Waals surface area contributed by atoms with Crippen molar-refractivity contribution in [3.05, 3.63) is 71.8 Å². The van der Waals surface area contributed by atoms with Gasteiger partial charge in [-0.2, -0.15) is 0 Å². The molecule has 106 valence electrons. The van der Waals surface area contributed by atoms with Crippen LogP contribution in [0.2, 0.25) is 0 Å². The predicted molar refractivity (Wildman–Crippen MR) is 87.0 cm³/mol. The fourth-order valence-electron chi connectivity index (χ4n) is 2.48. The maximum absolute atomic E-state index is 9.75. The highest BCUT2D eigenvalue weighted by Gasteiger charge is 2.18. The second-order valence-corrected chi connectivity index (χ2v) is 5.79. The van der Waals surface area contributed by atoms with Crippen LogP contribution >= 0.6 is 11.3 Å². The van der Waals surface area contributed by atoms with E-state index in [0.29, 0.717) is 0 Å². The van der Waals surface area contributed by atoms with Gasteiger partial charge in [-0.3, -0.25) is 0 Å². The van der Waals surface area contributed by atoms with Crippen LogP contribution in [-0.2, 0) is 13.2 Å².